The van der Waals surface area contributed by atoms with Crippen LogP contribution in [0.2, 0.25) is 0 Å². The lowest BCUT2D eigenvalue weighted by Crippen LogP contribution is -2.60. The minimum absolute atomic E-state index is 0.00689. The average Bonchev–Trinajstić information content (AvgIpc) is 2.89. The third kappa shape index (κ3) is 1.20. The fourth-order valence-corrected chi connectivity index (χ4v) is 2.70. The molecule has 86 valence electrons. The Labute approximate surface area is 96.8 Å². The largest absolute Gasteiger partial charge is 0.379 e. The van der Waals surface area contributed by atoms with E-state index in [2.05, 4.69) is 32.0 Å². The Morgan fingerprint density at radius 2 is 1.81 bits per heavy atom. The van der Waals surface area contributed by atoms with Gasteiger partial charge in [-0.15, -0.1) is 0 Å². The van der Waals surface area contributed by atoms with Crippen molar-refractivity contribution in [3.63, 3.8) is 0 Å². The van der Waals surface area contributed by atoms with E-state index in [0.29, 0.717) is 0 Å². The van der Waals surface area contributed by atoms with Crippen molar-refractivity contribution in [3.8, 4) is 0 Å². The Hall–Kier alpha value is -0.860. The van der Waals surface area contributed by atoms with Crippen molar-refractivity contribution >= 4 is 0 Å². The van der Waals surface area contributed by atoms with Crippen LogP contribution in [0.15, 0.2) is 18.2 Å². The second-order valence-electron chi connectivity index (χ2n) is 5.53. The Morgan fingerprint density at radius 1 is 1.12 bits per heavy atom. The van der Waals surface area contributed by atoms with E-state index < -0.39 is 0 Å². The Balaban J connectivity index is 2.04. The topological polar surface area (TPSA) is 35.2 Å². The molecule has 1 aliphatic heterocycles. The molecule has 2 fully saturated rings. The van der Waals surface area contributed by atoms with Gasteiger partial charge >= 0.3 is 0 Å². The Kier molecular flexibility index (Phi) is 1.99. The molecular formula is C14H19NO. The van der Waals surface area contributed by atoms with Gasteiger partial charge in [0.05, 0.1) is 18.6 Å². The van der Waals surface area contributed by atoms with Crippen LogP contribution in [-0.4, -0.2) is 18.8 Å². The third-order valence-electron chi connectivity index (χ3n) is 4.50. The van der Waals surface area contributed by atoms with Crippen molar-refractivity contribution in [2.75, 3.05) is 13.2 Å². The summed E-state index contributed by atoms with van der Waals surface area (Å²) in [5, 5.41) is 0. The van der Waals surface area contributed by atoms with E-state index in [1.807, 2.05) is 0 Å². The summed E-state index contributed by atoms with van der Waals surface area (Å²) < 4.78 is 5.45. The molecule has 0 spiro atoms. The van der Waals surface area contributed by atoms with Crippen LogP contribution in [0.25, 0.3) is 0 Å². The molecule has 1 aliphatic carbocycles. The van der Waals surface area contributed by atoms with Crippen molar-refractivity contribution in [3.05, 3.63) is 34.9 Å². The molecule has 0 bridgehead atoms. The van der Waals surface area contributed by atoms with Gasteiger partial charge in [-0.05, 0) is 43.4 Å². The van der Waals surface area contributed by atoms with Gasteiger partial charge in [-0.3, -0.25) is 0 Å². The summed E-state index contributed by atoms with van der Waals surface area (Å²) in [4.78, 5) is 0. The molecule has 2 nitrogen and oxygen atoms in total. The van der Waals surface area contributed by atoms with E-state index in [1.54, 1.807) is 0 Å². The molecule has 0 amide bonds. The van der Waals surface area contributed by atoms with Crippen molar-refractivity contribution in [1.82, 2.24) is 0 Å². The number of benzene rings is 1. The summed E-state index contributed by atoms with van der Waals surface area (Å²) >= 11 is 0. The van der Waals surface area contributed by atoms with Crippen LogP contribution in [0.4, 0.5) is 0 Å². The highest BCUT2D eigenvalue weighted by Gasteiger charge is 2.61. The maximum Gasteiger partial charge on any atom is 0.0603 e. The van der Waals surface area contributed by atoms with Crippen molar-refractivity contribution in [2.24, 2.45) is 5.73 Å². The van der Waals surface area contributed by atoms with E-state index in [1.165, 1.54) is 16.7 Å². The molecule has 2 heteroatoms. The van der Waals surface area contributed by atoms with Crippen LogP contribution in [0.1, 0.15) is 29.5 Å². The minimum Gasteiger partial charge on any atom is -0.379 e. The van der Waals surface area contributed by atoms with Gasteiger partial charge < -0.3 is 10.5 Å². The van der Waals surface area contributed by atoms with Crippen molar-refractivity contribution in [1.29, 1.82) is 0 Å². The first-order valence-electron chi connectivity index (χ1n) is 6.02. The van der Waals surface area contributed by atoms with Gasteiger partial charge in [-0.25, -0.2) is 0 Å². The summed E-state index contributed by atoms with van der Waals surface area (Å²) in [5.74, 6) is 0. The minimum atomic E-state index is 0.00689. The molecule has 0 radical (unpaired) electrons. The lowest BCUT2D eigenvalue weighted by molar-refractivity contribution is -0.0786. The number of hydrogen-bond acceptors (Lipinski definition) is 2. The lowest BCUT2D eigenvalue weighted by Gasteiger charge is -2.47. The van der Waals surface area contributed by atoms with E-state index >= 15 is 0 Å². The van der Waals surface area contributed by atoms with Gasteiger partial charge in [0.25, 0.3) is 0 Å². The third-order valence-corrected chi connectivity index (χ3v) is 4.50. The number of ether oxygens (including phenoxy) is 1. The van der Waals surface area contributed by atoms with Gasteiger partial charge in [0.2, 0.25) is 0 Å². The summed E-state index contributed by atoms with van der Waals surface area (Å²) in [7, 11) is 0. The van der Waals surface area contributed by atoms with Gasteiger partial charge in [0, 0.05) is 5.54 Å². The maximum absolute atomic E-state index is 6.43. The average molecular weight is 217 g/mol. The van der Waals surface area contributed by atoms with Gasteiger partial charge in [0.1, 0.15) is 0 Å². The molecule has 0 atom stereocenters. The number of hydrogen-bond donors (Lipinski definition) is 1. The molecule has 1 aromatic carbocycles. The van der Waals surface area contributed by atoms with Gasteiger partial charge in [0.15, 0.2) is 0 Å². The first-order valence-corrected chi connectivity index (χ1v) is 6.02. The quantitative estimate of drug-likeness (QED) is 0.823. The van der Waals surface area contributed by atoms with Crippen LogP contribution < -0.4 is 5.73 Å². The standard InChI is InChI=1S/C14H19NO/c1-10-3-4-12(7-11(10)2)13(8-16-9-13)14(15)5-6-14/h3-4,7H,5-6,8-9,15H2,1-2H3. The smallest absolute Gasteiger partial charge is 0.0603 e. The van der Waals surface area contributed by atoms with Crippen LogP contribution in [0.5, 0.6) is 0 Å². The molecule has 1 aromatic rings. The lowest BCUT2D eigenvalue weighted by atomic mass is 9.70. The van der Waals surface area contributed by atoms with E-state index in [-0.39, 0.29) is 11.0 Å². The highest BCUT2D eigenvalue weighted by molar-refractivity contribution is 5.41. The molecule has 2 aliphatic rings. The summed E-state index contributed by atoms with van der Waals surface area (Å²) in [6, 6.07) is 6.74. The number of nitrogens with two attached hydrogens (primary N) is 1. The molecule has 0 aromatic heterocycles. The highest BCUT2D eigenvalue weighted by atomic mass is 16.5. The molecule has 2 N–H and O–H groups in total. The van der Waals surface area contributed by atoms with E-state index in [0.717, 1.165) is 26.1 Å². The highest BCUT2D eigenvalue weighted by Crippen LogP contribution is 2.53. The summed E-state index contributed by atoms with van der Waals surface area (Å²) in [5.41, 5.74) is 10.6. The molecule has 1 saturated carbocycles. The van der Waals surface area contributed by atoms with Crippen LogP contribution in [0, 0.1) is 13.8 Å². The Morgan fingerprint density at radius 3 is 2.25 bits per heavy atom. The second kappa shape index (κ2) is 3.08. The number of rotatable bonds is 2. The predicted octanol–water partition coefficient (Wildman–Crippen LogP) is 2.06. The molecule has 16 heavy (non-hydrogen) atoms. The van der Waals surface area contributed by atoms with Crippen molar-refractivity contribution < 1.29 is 4.74 Å². The summed E-state index contributed by atoms with van der Waals surface area (Å²) in [6.07, 6.45) is 2.28. The molecule has 3 rings (SSSR count). The second-order valence-corrected chi connectivity index (χ2v) is 5.53. The molecule has 1 heterocycles. The first-order chi connectivity index (χ1) is 7.57. The predicted molar refractivity (Wildman–Crippen MR) is 64.6 cm³/mol. The van der Waals surface area contributed by atoms with Crippen LogP contribution in [-0.2, 0) is 10.2 Å². The fraction of sp³-hybridized carbons (Fsp3) is 0.571. The number of aryl methyl sites for hydroxylation is 2. The fourth-order valence-electron chi connectivity index (χ4n) is 2.70. The van der Waals surface area contributed by atoms with Crippen LogP contribution in [0.3, 0.4) is 0 Å². The van der Waals surface area contributed by atoms with Crippen LogP contribution >= 0.6 is 0 Å². The van der Waals surface area contributed by atoms with Gasteiger partial charge in [-0.1, -0.05) is 18.2 Å². The normalized spacial score (nSPS) is 24.9. The maximum atomic E-state index is 6.43. The monoisotopic (exact) mass is 217 g/mol. The van der Waals surface area contributed by atoms with E-state index in [9.17, 15) is 0 Å². The SMILES string of the molecule is Cc1ccc(C2(C3(N)CC3)COC2)cc1C. The zero-order chi connectivity index (χ0) is 11.4. The zero-order valence-electron chi connectivity index (χ0n) is 10.0. The van der Waals surface area contributed by atoms with E-state index in [4.69, 9.17) is 10.5 Å². The zero-order valence-corrected chi connectivity index (χ0v) is 10.0. The molecule has 1 saturated heterocycles. The van der Waals surface area contributed by atoms with Crippen molar-refractivity contribution in [2.45, 2.75) is 37.6 Å². The molecule has 0 unspecified atom stereocenters. The first kappa shape index (κ1) is 10.3. The molecular weight excluding hydrogens is 198 g/mol. The summed E-state index contributed by atoms with van der Waals surface area (Å²) in [6.45, 7) is 5.92. The van der Waals surface area contributed by atoms with Gasteiger partial charge in [-0.2, -0.15) is 0 Å². The Bertz CT molecular complexity index is 430.